The molecule has 6 aromatic carbocycles. The van der Waals surface area contributed by atoms with Crippen molar-refractivity contribution in [3.05, 3.63) is 169 Å². The van der Waals surface area contributed by atoms with Gasteiger partial charge in [0.2, 0.25) is 0 Å². The first-order chi connectivity index (χ1) is 20.1. The van der Waals surface area contributed by atoms with Crippen LogP contribution in [0, 0.1) is 13.8 Å². The summed E-state index contributed by atoms with van der Waals surface area (Å²) in [5.74, 6) is 0. The highest BCUT2D eigenvalue weighted by molar-refractivity contribution is 5.81. The summed E-state index contributed by atoms with van der Waals surface area (Å²) in [7, 11) is 0. The number of hydrogen-bond donors (Lipinski definition) is 1. The average molecular weight is 532 g/mol. The molecule has 0 amide bonds. The molecule has 0 aromatic heterocycles. The van der Waals surface area contributed by atoms with Gasteiger partial charge in [-0.3, -0.25) is 0 Å². The zero-order valence-electron chi connectivity index (χ0n) is 23.4. The van der Waals surface area contributed by atoms with Crippen molar-refractivity contribution in [3.8, 4) is 0 Å². The molecule has 0 bridgehead atoms. The standard InChI is InChI=1S/C38H33N3/c1-29-11-9-13-32(27-29)39-31-19-21-35(22-20-31)40(33-14-5-3-6-15-33)36-23-25-37(26-24-36)41(34-16-7-4-8-17-34)38-18-10-12-30(2)28-38/h3-28,39H,1-2H3. The lowest BCUT2D eigenvalue weighted by Gasteiger charge is -2.28. The Morgan fingerprint density at radius 3 is 1.27 bits per heavy atom. The fraction of sp³-hybridized carbons (Fsp3) is 0.0526. The number of hydrogen-bond acceptors (Lipinski definition) is 3. The molecule has 0 saturated carbocycles. The Morgan fingerprint density at radius 1 is 0.341 bits per heavy atom. The van der Waals surface area contributed by atoms with Crippen molar-refractivity contribution >= 4 is 45.5 Å². The fourth-order valence-electron chi connectivity index (χ4n) is 5.15. The first kappa shape index (κ1) is 26.0. The van der Waals surface area contributed by atoms with Gasteiger partial charge in [-0.1, -0.05) is 60.7 Å². The predicted octanol–water partition coefficient (Wildman–Crippen LogP) is 11.0. The molecule has 0 aliphatic heterocycles. The van der Waals surface area contributed by atoms with Gasteiger partial charge in [-0.15, -0.1) is 0 Å². The van der Waals surface area contributed by atoms with Crippen LogP contribution < -0.4 is 15.1 Å². The van der Waals surface area contributed by atoms with Gasteiger partial charge in [0.1, 0.15) is 0 Å². The Kier molecular flexibility index (Phi) is 7.51. The molecule has 0 fully saturated rings. The van der Waals surface area contributed by atoms with Crippen LogP contribution in [0.15, 0.2) is 158 Å². The van der Waals surface area contributed by atoms with Crippen LogP contribution in [0.2, 0.25) is 0 Å². The summed E-state index contributed by atoms with van der Waals surface area (Å²) in [6, 6.07) is 55.5. The molecule has 0 unspecified atom stereocenters. The Balaban J connectivity index is 1.35. The fourth-order valence-corrected chi connectivity index (χ4v) is 5.15. The molecule has 0 heterocycles. The maximum Gasteiger partial charge on any atom is 0.0464 e. The molecule has 3 nitrogen and oxygen atoms in total. The zero-order chi connectivity index (χ0) is 28.0. The van der Waals surface area contributed by atoms with E-state index in [1.54, 1.807) is 0 Å². The molecule has 41 heavy (non-hydrogen) atoms. The van der Waals surface area contributed by atoms with E-state index in [1.165, 1.54) is 11.1 Å². The van der Waals surface area contributed by atoms with Gasteiger partial charge in [0, 0.05) is 45.5 Å². The number of benzene rings is 6. The van der Waals surface area contributed by atoms with Crippen LogP contribution in [0.25, 0.3) is 0 Å². The molecular weight excluding hydrogens is 498 g/mol. The van der Waals surface area contributed by atoms with Crippen LogP contribution in [0.1, 0.15) is 11.1 Å². The highest BCUT2D eigenvalue weighted by Gasteiger charge is 2.16. The molecule has 0 spiro atoms. The zero-order valence-corrected chi connectivity index (χ0v) is 23.4. The number of anilines is 8. The Bertz CT molecular complexity index is 1710. The molecule has 1 N–H and O–H groups in total. The predicted molar refractivity (Wildman–Crippen MR) is 175 cm³/mol. The van der Waals surface area contributed by atoms with Gasteiger partial charge in [-0.25, -0.2) is 0 Å². The molecule has 0 radical (unpaired) electrons. The summed E-state index contributed by atoms with van der Waals surface area (Å²) in [5, 5.41) is 3.52. The molecule has 200 valence electrons. The monoisotopic (exact) mass is 531 g/mol. The number of nitrogens with zero attached hydrogens (tertiary/aromatic N) is 2. The van der Waals surface area contributed by atoms with E-state index in [1.807, 2.05) is 0 Å². The third-order valence-corrected chi connectivity index (χ3v) is 7.09. The molecular formula is C38H33N3. The van der Waals surface area contributed by atoms with E-state index < -0.39 is 0 Å². The molecule has 6 rings (SSSR count). The number of para-hydroxylation sites is 2. The first-order valence-electron chi connectivity index (χ1n) is 13.9. The van der Waals surface area contributed by atoms with Crippen LogP contribution >= 0.6 is 0 Å². The average Bonchev–Trinajstić information content (AvgIpc) is 3.00. The third kappa shape index (κ3) is 6.00. The topological polar surface area (TPSA) is 18.5 Å². The minimum atomic E-state index is 1.05. The van der Waals surface area contributed by atoms with Crippen molar-refractivity contribution in [1.82, 2.24) is 0 Å². The van der Waals surface area contributed by atoms with Crippen molar-refractivity contribution in [3.63, 3.8) is 0 Å². The lowest BCUT2D eigenvalue weighted by Crippen LogP contribution is -2.12. The third-order valence-electron chi connectivity index (χ3n) is 7.09. The van der Waals surface area contributed by atoms with Crippen LogP contribution in [-0.2, 0) is 0 Å². The SMILES string of the molecule is Cc1cccc(Nc2ccc(N(c3ccccc3)c3ccc(N(c4ccccc4)c4cccc(C)c4)cc3)cc2)c1. The number of nitrogens with one attached hydrogen (secondary N) is 1. The number of aryl methyl sites for hydroxylation is 2. The van der Waals surface area contributed by atoms with Gasteiger partial charge in [0.05, 0.1) is 0 Å². The Morgan fingerprint density at radius 2 is 0.756 bits per heavy atom. The van der Waals surface area contributed by atoms with Crippen LogP contribution in [0.4, 0.5) is 45.5 Å². The van der Waals surface area contributed by atoms with Gasteiger partial charge in [-0.2, -0.15) is 0 Å². The molecule has 0 aliphatic carbocycles. The quantitative estimate of drug-likeness (QED) is 0.211. The van der Waals surface area contributed by atoms with Crippen molar-refractivity contribution in [2.24, 2.45) is 0 Å². The van der Waals surface area contributed by atoms with Gasteiger partial charge < -0.3 is 15.1 Å². The van der Waals surface area contributed by atoms with Crippen molar-refractivity contribution in [1.29, 1.82) is 0 Å². The summed E-state index contributed by atoms with van der Waals surface area (Å²) < 4.78 is 0. The maximum atomic E-state index is 3.52. The highest BCUT2D eigenvalue weighted by atomic mass is 15.2. The van der Waals surface area contributed by atoms with Gasteiger partial charge >= 0.3 is 0 Å². The second-order valence-corrected chi connectivity index (χ2v) is 10.2. The van der Waals surface area contributed by atoms with Gasteiger partial charge in [0.25, 0.3) is 0 Å². The summed E-state index contributed by atoms with van der Waals surface area (Å²) in [4.78, 5) is 4.59. The summed E-state index contributed by atoms with van der Waals surface area (Å²) in [5.41, 5.74) is 11.3. The van der Waals surface area contributed by atoms with E-state index in [2.05, 4.69) is 187 Å². The van der Waals surface area contributed by atoms with Crippen molar-refractivity contribution < 1.29 is 0 Å². The van der Waals surface area contributed by atoms with E-state index in [9.17, 15) is 0 Å². The summed E-state index contributed by atoms with van der Waals surface area (Å²) in [6.45, 7) is 4.24. The normalized spacial score (nSPS) is 10.7. The molecule has 0 aliphatic rings. The van der Waals surface area contributed by atoms with E-state index in [4.69, 9.17) is 0 Å². The maximum absolute atomic E-state index is 3.52. The molecule has 6 aromatic rings. The lowest BCUT2D eigenvalue weighted by atomic mass is 10.1. The minimum Gasteiger partial charge on any atom is -0.356 e. The number of rotatable bonds is 8. The van der Waals surface area contributed by atoms with E-state index >= 15 is 0 Å². The van der Waals surface area contributed by atoms with Crippen LogP contribution in [0.3, 0.4) is 0 Å². The molecule has 3 heteroatoms. The minimum absolute atomic E-state index is 1.05. The van der Waals surface area contributed by atoms with Gasteiger partial charge in [-0.05, 0) is 122 Å². The van der Waals surface area contributed by atoms with E-state index in [0.717, 1.165) is 45.5 Å². The van der Waals surface area contributed by atoms with Crippen molar-refractivity contribution in [2.75, 3.05) is 15.1 Å². The van der Waals surface area contributed by atoms with Crippen molar-refractivity contribution in [2.45, 2.75) is 13.8 Å². The first-order valence-corrected chi connectivity index (χ1v) is 13.9. The Labute approximate surface area is 243 Å². The largest absolute Gasteiger partial charge is 0.356 e. The lowest BCUT2D eigenvalue weighted by molar-refractivity contribution is 1.25. The van der Waals surface area contributed by atoms with Gasteiger partial charge in [0.15, 0.2) is 0 Å². The molecule has 0 atom stereocenters. The van der Waals surface area contributed by atoms with E-state index in [-0.39, 0.29) is 0 Å². The van der Waals surface area contributed by atoms with E-state index in [0.29, 0.717) is 0 Å². The second kappa shape index (κ2) is 11.8. The van der Waals surface area contributed by atoms with Crippen LogP contribution in [0.5, 0.6) is 0 Å². The van der Waals surface area contributed by atoms with Crippen LogP contribution in [-0.4, -0.2) is 0 Å². The molecule has 0 saturated heterocycles. The summed E-state index contributed by atoms with van der Waals surface area (Å²) >= 11 is 0. The summed E-state index contributed by atoms with van der Waals surface area (Å²) in [6.07, 6.45) is 0. The second-order valence-electron chi connectivity index (χ2n) is 10.2. The smallest absolute Gasteiger partial charge is 0.0464 e. The highest BCUT2D eigenvalue weighted by Crippen LogP contribution is 2.39. The Hall–Kier alpha value is -5.28.